The Morgan fingerprint density at radius 2 is 1.80 bits per heavy atom. The van der Waals surface area contributed by atoms with E-state index in [0.29, 0.717) is 10.6 Å². The molecule has 3 rings (SSSR count). The quantitative estimate of drug-likeness (QED) is 0.636. The maximum Gasteiger partial charge on any atom is 0.267 e. The number of rotatable bonds is 2. The highest BCUT2D eigenvalue weighted by molar-refractivity contribution is 14.1. The third kappa shape index (κ3) is 2.51. The van der Waals surface area contributed by atoms with Crippen LogP contribution in [-0.2, 0) is 0 Å². The molecule has 0 saturated carbocycles. The highest BCUT2D eigenvalue weighted by atomic mass is 127. The molecule has 0 aliphatic carbocycles. The second-order valence-corrected chi connectivity index (χ2v) is 6.60. The molecule has 20 heavy (non-hydrogen) atoms. The zero-order valence-electron chi connectivity index (χ0n) is 10.4. The number of carbonyl (C=O) groups excluding carboxylic acids is 1. The molecule has 1 amide bonds. The Labute approximate surface area is 133 Å². The van der Waals surface area contributed by atoms with Crippen LogP contribution in [0.3, 0.4) is 0 Å². The van der Waals surface area contributed by atoms with Crippen molar-refractivity contribution in [1.29, 1.82) is 0 Å². The summed E-state index contributed by atoms with van der Waals surface area (Å²) in [6.45, 7) is 0. The topological polar surface area (TPSA) is 55.1 Å². The Bertz CT molecular complexity index is 780. The summed E-state index contributed by atoms with van der Waals surface area (Å²) in [5, 5.41) is 3.81. The van der Waals surface area contributed by atoms with Crippen LogP contribution in [0, 0.1) is 3.57 Å². The molecule has 3 aromatic rings. The molecule has 0 saturated heterocycles. The summed E-state index contributed by atoms with van der Waals surface area (Å²) in [6, 6.07) is 15.4. The summed E-state index contributed by atoms with van der Waals surface area (Å²) in [6.07, 6.45) is 0. The predicted molar refractivity (Wildman–Crippen MR) is 93.3 cm³/mol. The average molecular weight is 394 g/mol. The van der Waals surface area contributed by atoms with Gasteiger partial charge in [0.1, 0.15) is 4.88 Å². The first-order chi connectivity index (χ1) is 9.65. The number of amides is 1. The molecule has 100 valence electrons. The van der Waals surface area contributed by atoms with Crippen LogP contribution in [0.2, 0.25) is 0 Å². The van der Waals surface area contributed by atoms with Crippen molar-refractivity contribution in [3.63, 3.8) is 0 Å². The van der Waals surface area contributed by atoms with Crippen LogP contribution in [0.1, 0.15) is 9.67 Å². The van der Waals surface area contributed by atoms with Crippen molar-refractivity contribution in [1.82, 2.24) is 0 Å². The van der Waals surface area contributed by atoms with Gasteiger partial charge in [0.15, 0.2) is 0 Å². The van der Waals surface area contributed by atoms with E-state index in [1.165, 1.54) is 11.3 Å². The molecule has 0 bridgehead atoms. The fourth-order valence-corrected chi connectivity index (χ4v) is 3.33. The molecule has 0 radical (unpaired) electrons. The molecule has 0 spiro atoms. The van der Waals surface area contributed by atoms with Gasteiger partial charge in [0.05, 0.1) is 5.69 Å². The number of nitrogen functional groups attached to an aromatic ring is 1. The van der Waals surface area contributed by atoms with Gasteiger partial charge in [-0.15, -0.1) is 11.3 Å². The van der Waals surface area contributed by atoms with Gasteiger partial charge >= 0.3 is 0 Å². The van der Waals surface area contributed by atoms with Gasteiger partial charge in [-0.25, -0.2) is 0 Å². The van der Waals surface area contributed by atoms with E-state index >= 15 is 0 Å². The number of hydrogen-bond acceptors (Lipinski definition) is 3. The average Bonchev–Trinajstić information content (AvgIpc) is 2.79. The van der Waals surface area contributed by atoms with E-state index in [-0.39, 0.29) is 5.91 Å². The van der Waals surface area contributed by atoms with Crippen molar-refractivity contribution in [2.24, 2.45) is 0 Å². The fourth-order valence-electron chi connectivity index (χ4n) is 1.96. The smallest absolute Gasteiger partial charge is 0.267 e. The van der Waals surface area contributed by atoms with Gasteiger partial charge in [0.25, 0.3) is 5.91 Å². The van der Waals surface area contributed by atoms with Gasteiger partial charge < -0.3 is 11.1 Å². The van der Waals surface area contributed by atoms with Crippen LogP contribution >= 0.6 is 33.9 Å². The number of thiophene rings is 1. The van der Waals surface area contributed by atoms with Gasteiger partial charge in [-0.1, -0.05) is 18.2 Å². The normalized spacial score (nSPS) is 10.7. The van der Waals surface area contributed by atoms with Crippen LogP contribution in [0.5, 0.6) is 0 Å². The van der Waals surface area contributed by atoms with Crippen LogP contribution in [0.4, 0.5) is 11.4 Å². The Morgan fingerprint density at radius 3 is 2.50 bits per heavy atom. The van der Waals surface area contributed by atoms with Crippen molar-refractivity contribution in [2.75, 3.05) is 11.1 Å². The van der Waals surface area contributed by atoms with E-state index in [1.54, 1.807) is 0 Å². The minimum absolute atomic E-state index is 0.162. The molecule has 0 aliphatic heterocycles. The van der Waals surface area contributed by atoms with E-state index in [4.69, 9.17) is 5.73 Å². The standard InChI is InChI=1S/C15H11IN2OS/c16-9-5-7-10(8-6-9)18-15(19)14-13(17)11-3-1-2-4-12(11)20-14/h1-8H,17H2,(H,18,19). The molecule has 0 unspecified atom stereocenters. The Morgan fingerprint density at radius 1 is 1.10 bits per heavy atom. The van der Waals surface area contributed by atoms with E-state index < -0.39 is 0 Å². The summed E-state index contributed by atoms with van der Waals surface area (Å²) in [5.41, 5.74) is 7.39. The van der Waals surface area contributed by atoms with Gasteiger partial charge in [0.2, 0.25) is 0 Å². The number of hydrogen-bond donors (Lipinski definition) is 2. The fraction of sp³-hybridized carbons (Fsp3) is 0. The zero-order chi connectivity index (χ0) is 14.1. The molecule has 3 N–H and O–H groups in total. The monoisotopic (exact) mass is 394 g/mol. The maximum absolute atomic E-state index is 12.3. The molecule has 5 heteroatoms. The lowest BCUT2D eigenvalue weighted by Gasteiger charge is -2.04. The molecular formula is C15H11IN2OS. The molecule has 0 aliphatic rings. The summed E-state index contributed by atoms with van der Waals surface area (Å²) < 4.78 is 2.15. The third-order valence-electron chi connectivity index (χ3n) is 2.94. The van der Waals surface area contributed by atoms with Gasteiger partial charge in [-0.2, -0.15) is 0 Å². The van der Waals surface area contributed by atoms with Gasteiger partial charge in [-0.05, 0) is 52.9 Å². The lowest BCUT2D eigenvalue weighted by molar-refractivity contribution is 0.103. The van der Waals surface area contributed by atoms with E-state index in [2.05, 4.69) is 27.9 Å². The van der Waals surface area contributed by atoms with Gasteiger partial charge in [-0.3, -0.25) is 4.79 Å². The van der Waals surface area contributed by atoms with Crippen LogP contribution in [-0.4, -0.2) is 5.91 Å². The van der Waals surface area contributed by atoms with E-state index in [1.807, 2.05) is 48.5 Å². The first-order valence-corrected chi connectivity index (χ1v) is 7.88. The second-order valence-electron chi connectivity index (χ2n) is 4.30. The summed E-state index contributed by atoms with van der Waals surface area (Å²) in [5.74, 6) is -0.162. The highest BCUT2D eigenvalue weighted by Crippen LogP contribution is 2.33. The summed E-state index contributed by atoms with van der Waals surface area (Å²) in [7, 11) is 0. The van der Waals surface area contributed by atoms with Gasteiger partial charge in [0, 0.05) is 19.3 Å². The molecule has 2 aromatic carbocycles. The lowest BCUT2D eigenvalue weighted by atomic mass is 10.2. The number of halogens is 1. The number of anilines is 2. The second kappa shape index (κ2) is 5.41. The predicted octanol–water partition coefficient (Wildman–Crippen LogP) is 4.34. The van der Waals surface area contributed by atoms with Crippen molar-refractivity contribution in [2.45, 2.75) is 0 Å². The van der Waals surface area contributed by atoms with Crippen molar-refractivity contribution in [3.05, 3.63) is 57.0 Å². The van der Waals surface area contributed by atoms with Crippen LogP contribution < -0.4 is 11.1 Å². The molecule has 0 fully saturated rings. The molecule has 1 heterocycles. The van der Waals surface area contributed by atoms with Crippen LogP contribution in [0.25, 0.3) is 10.1 Å². The largest absolute Gasteiger partial charge is 0.397 e. The van der Waals surface area contributed by atoms with Crippen molar-refractivity contribution >= 4 is 61.3 Å². The number of carbonyl (C=O) groups is 1. The third-order valence-corrected chi connectivity index (χ3v) is 4.85. The number of nitrogens with one attached hydrogen (secondary N) is 1. The Balaban J connectivity index is 1.92. The minimum Gasteiger partial charge on any atom is -0.397 e. The van der Waals surface area contributed by atoms with E-state index in [0.717, 1.165) is 19.3 Å². The number of nitrogens with two attached hydrogens (primary N) is 1. The maximum atomic E-state index is 12.3. The Kier molecular flexibility index (Phi) is 3.62. The Hall–Kier alpha value is -1.60. The first-order valence-electron chi connectivity index (χ1n) is 5.99. The first kappa shape index (κ1) is 13.4. The zero-order valence-corrected chi connectivity index (χ0v) is 13.4. The SMILES string of the molecule is Nc1c(C(=O)Nc2ccc(I)cc2)sc2ccccc12. The molecule has 3 nitrogen and oxygen atoms in total. The van der Waals surface area contributed by atoms with Crippen LogP contribution in [0.15, 0.2) is 48.5 Å². The summed E-state index contributed by atoms with van der Waals surface area (Å²) >= 11 is 3.64. The molecule has 0 atom stereocenters. The number of benzene rings is 2. The molecular weight excluding hydrogens is 383 g/mol. The lowest BCUT2D eigenvalue weighted by Crippen LogP contribution is -2.11. The van der Waals surface area contributed by atoms with Crippen molar-refractivity contribution in [3.8, 4) is 0 Å². The highest BCUT2D eigenvalue weighted by Gasteiger charge is 2.16. The minimum atomic E-state index is -0.162. The molecule has 1 aromatic heterocycles. The summed E-state index contributed by atoms with van der Waals surface area (Å²) in [4.78, 5) is 12.9. The number of fused-ring (bicyclic) bond motifs is 1. The van der Waals surface area contributed by atoms with E-state index in [9.17, 15) is 4.79 Å². The van der Waals surface area contributed by atoms with Crippen molar-refractivity contribution < 1.29 is 4.79 Å².